The van der Waals surface area contributed by atoms with Crippen molar-refractivity contribution in [1.29, 1.82) is 0 Å². The van der Waals surface area contributed by atoms with E-state index in [2.05, 4.69) is 66.4 Å². The van der Waals surface area contributed by atoms with Crippen LogP contribution in [0.1, 0.15) is 0 Å². The first kappa shape index (κ1) is 48.3. The molecule has 0 amide bonds. The SMILES string of the molecule is O=C([O-])CNc1nc(/N=C\CO[O-])nc(Nc2cccc3cccc(Nc4nc(NCC(=O)[O-])nc(NCC(=O)[O-])n4)c23)n1.[K+].[K+].[K+].[K+]. The molecule has 0 saturated heterocycles. The summed E-state index contributed by atoms with van der Waals surface area (Å²) >= 11 is 0. The molecule has 0 aliphatic rings. The number of benzene rings is 2. The summed E-state index contributed by atoms with van der Waals surface area (Å²) in [5.74, 6) is -5.13. The number of hydrogen-bond donors (Lipinski definition) is 5. The van der Waals surface area contributed by atoms with E-state index in [0.717, 1.165) is 11.6 Å². The van der Waals surface area contributed by atoms with Crippen molar-refractivity contribution in [1.82, 2.24) is 29.9 Å². The molecule has 2 aromatic carbocycles. The van der Waals surface area contributed by atoms with Gasteiger partial charge in [0.15, 0.2) is 0 Å². The molecule has 0 radical (unpaired) electrons. The van der Waals surface area contributed by atoms with E-state index in [4.69, 9.17) is 0 Å². The van der Waals surface area contributed by atoms with E-state index in [0.29, 0.717) is 16.8 Å². The smallest absolute Gasteiger partial charge is 0.723 e. The van der Waals surface area contributed by atoms with Gasteiger partial charge in [-0.1, -0.05) is 24.3 Å². The number of carbonyl (C=O) groups is 3. The number of aliphatic carboxylic acids is 3. The Labute approximate surface area is 442 Å². The predicted molar refractivity (Wildman–Crippen MR) is 145 cm³/mol. The molecule has 20 nitrogen and oxygen atoms in total. The van der Waals surface area contributed by atoms with Gasteiger partial charge in [-0.05, 0) is 17.5 Å². The van der Waals surface area contributed by atoms with Crippen LogP contribution in [-0.4, -0.2) is 80.3 Å². The fraction of sp³-hybridized carbons (Fsp3) is 0.167. The molecule has 2 heterocycles. The molecule has 0 unspecified atom stereocenters. The minimum atomic E-state index is -1.43. The van der Waals surface area contributed by atoms with Crippen LogP contribution >= 0.6 is 0 Å². The second-order valence-corrected chi connectivity index (χ2v) is 8.32. The van der Waals surface area contributed by atoms with Gasteiger partial charge in [-0.25, -0.2) is 4.99 Å². The maximum Gasteiger partial charge on any atom is 1.00 e. The number of carbonyl (C=O) groups excluding carboxylic acids is 3. The molecule has 0 fully saturated rings. The maximum absolute atomic E-state index is 10.9. The van der Waals surface area contributed by atoms with Crippen molar-refractivity contribution in [2.75, 3.05) is 52.8 Å². The minimum absolute atomic E-state index is 0. The van der Waals surface area contributed by atoms with E-state index in [1.165, 1.54) is 0 Å². The molecule has 5 N–H and O–H groups in total. The molecule has 4 aromatic rings. The number of nitrogens with zero attached hydrogens (tertiary/aromatic N) is 7. The van der Waals surface area contributed by atoms with Gasteiger partial charge in [0.1, 0.15) is 0 Å². The first-order valence-corrected chi connectivity index (χ1v) is 12.4. The molecule has 48 heavy (non-hydrogen) atoms. The van der Waals surface area contributed by atoms with Crippen LogP contribution in [-0.2, 0) is 19.3 Å². The number of aliphatic imine (C=N–C) groups is 1. The second kappa shape index (κ2) is 25.3. The van der Waals surface area contributed by atoms with Crippen molar-refractivity contribution < 1.29 is 245 Å². The summed E-state index contributed by atoms with van der Waals surface area (Å²) in [6, 6.07) is 10.4. The topological polar surface area (TPSA) is 303 Å². The zero-order valence-corrected chi connectivity index (χ0v) is 38.8. The molecule has 228 valence electrons. The number of anilines is 7. The molecular weight excluding hydrogens is 741 g/mol. The summed E-state index contributed by atoms with van der Waals surface area (Å²) in [4.78, 5) is 64.9. The van der Waals surface area contributed by atoms with Crippen LogP contribution in [0.2, 0.25) is 0 Å². The van der Waals surface area contributed by atoms with E-state index >= 15 is 0 Å². The normalized spacial score (nSPS) is 9.94. The van der Waals surface area contributed by atoms with Gasteiger partial charge in [-0.15, -0.1) is 0 Å². The minimum Gasteiger partial charge on any atom is -0.723 e. The number of rotatable bonds is 16. The average molecular weight is 761 g/mol. The number of hydrogen-bond acceptors (Lipinski definition) is 20. The zero-order chi connectivity index (χ0) is 31.5. The third kappa shape index (κ3) is 16.3. The molecule has 0 atom stereocenters. The van der Waals surface area contributed by atoms with Gasteiger partial charge in [0, 0.05) is 11.6 Å². The molecule has 0 bridgehead atoms. The molecule has 4 rings (SSSR count). The predicted octanol–water partition coefficient (Wildman–Crippen LogP) is -15.8. The van der Waals surface area contributed by atoms with Crippen LogP contribution in [0, 0.1) is 0 Å². The summed E-state index contributed by atoms with van der Waals surface area (Å²) in [6.07, 6.45) is 1.11. The standard InChI is InChI=1S/C24H24N12O8.4K/c37-15(38)9-26-20-31-19(25-7-8-44-43)33-23(34-20)29-13-5-1-3-12-4-2-6-14(18(12)13)30-24-35-21(27-10-16(39)40)32-22(36-24)28-11-17(41)42;;;;/h1-7,43H,8-11H2,(H,37,38)(H,39,40)(H,41,42)(H2,26,29,31,33,34)(H3,27,28,30,32,35,36);;;;/q;4*+1/p-4/b25-7-;;;;. The zero-order valence-electron chi connectivity index (χ0n) is 26.3. The third-order valence-corrected chi connectivity index (χ3v) is 5.18. The summed E-state index contributed by atoms with van der Waals surface area (Å²) < 4.78 is 0. The van der Waals surface area contributed by atoms with E-state index in [1.54, 1.807) is 36.4 Å². The first-order valence-electron chi connectivity index (χ1n) is 12.4. The Balaban J connectivity index is 0.00000552. The Kier molecular flexibility index (Phi) is 25.4. The monoisotopic (exact) mass is 760 g/mol. The van der Waals surface area contributed by atoms with Crippen LogP contribution in [0.4, 0.5) is 47.1 Å². The number of carboxylic acid groups (broad SMARTS) is 3. The molecule has 0 spiro atoms. The van der Waals surface area contributed by atoms with Crippen molar-refractivity contribution in [3.63, 3.8) is 0 Å². The average Bonchev–Trinajstić information content (AvgIpc) is 2.98. The van der Waals surface area contributed by atoms with Crippen LogP contribution in [0.3, 0.4) is 0 Å². The summed E-state index contributed by atoms with van der Waals surface area (Å²) in [6.45, 7) is -2.24. The van der Waals surface area contributed by atoms with Crippen molar-refractivity contribution in [3.8, 4) is 0 Å². The number of aromatic nitrogens is 6. The first-order chi connectivity index (χ1) is 21.2. The van der Waals surface area contributed by atoms with Crippen LogP contribution in [0.25, 0.3) is 10.8 Å². The van der Waals surface area contributed by atoms with Gasteiger partial charge in [0.2, 0.25) is 29.7 Å². The quantitative estimate of drug-likeness (QED) is 0.0306. The van der Waals surface area contributed by atoms with Crippen LogP contribution in [0.15, 0.2) is 41.4 Å². The molecule has 0 aliphatic carbocycles. The summed E-state index contributed by atoms with van der Waals surface area (Å²) in [7, 11) is 0. The fourth-order valence-corrected chi connectivity index (χ4v) is 3.54. The molecule has 0 saturated carbocycles. The van der Waals surface area contributed by atoms with Crippen LogP contribution < -0.4 is 253 Å². The third-order valence-electron chi connectivity index (χ3n) is 5.18. The van der Waals surface area contributed by atoms with Gasteiger partial charge >= 0.3 is 206 Å². The van der Waals surface area contributed by atoms with Crippen molar-refractivity contribution in [2.45, 2.75) is 0 Å². The Morgan fingerprint density at radius 1 is 0.646 bits per heavy atom. The summed E-state index contributed by atoms with van der Waals surface area (Å²) in [5, 5.41) is 57.7. The van der Waals surface area contributed by atoms with E-state index in [-0.39, 0.29) is 248 Å². The van der Waals surface area contributed by atoms with Crippen LogP contribution in [0.5, 0.6) is 0 Å². The van der Waals surface area contributed by atoms with Crippen molar-refractivity contribution >= 4 is 82.0 Å². The molecule has 2 aromatic heterocycles. The van der Waals surface area contributed by atoms with Gasteiger partial charge in [-0.3, -0.25) is 0 Å². The fourth-order valence-electron chi connectivity index (χ4n) is 3.54. The second-order valence-electron chi connectivity index (χ2n) is 8.32. The van der Waals surface area contributed by atoms with Gasteiger partial charge in [-0.2, -0.15) is 29.9 Å². The number of fused-ring (bicyclic) bond motifs is 1. The van der Waals surface area contributed by atoms with Gasteiger partial charge < -0.3 is 66.4 Å². The molecule has 24 heteroatoms. The van der Waals surface area contributed by atoms with Crippen molar-refractivity contribution in [2.24, 2.45) is 4.99 Å². The van der Waals surface area contributed by atoms with E-state index in [9.17, 15) is 35.0 Å². The number of carboxylic acids is 3. The maximum atomic E-state index is 10.9. The van der Waals surface area contributed by atoms with Gasteiger partial charge in [0.05, 0.1) is 55.5 Å². The molecule has 0 aliphatic heterocycles. The van der Waals surface area contributed by atoms with E-state index < -0.39 is 37.5 Å². The number of nitrogens with one attached hydrogen (secondary N) is 5. The summed E-state index contributed by atoms with van der Waals surface area (Å²) in [5.41, 5.74) is 0.879. The largest absolute Gasteiger partial charge is 1.00 e. The Morgan fingerprint density at radius 3 is 1.48 bits per heavy atom. The molecular formula is C24H20K4N12O8. The Hall–Kier alpha value is 0.265. The van der Waals surface area contributed by atoms with Gasteiger partial charge in [0.25, 0.3) is 5.95 Å². The Morgan fingerprint density at radius 2 is 1.04 bits per heavy atom. The van der Waals surface area contributed by atoms with Crippen molar-refractivity contribution in [3.05, 3.63) is 36.4 Å². The Bertz CT molecular complexity index is 1680. The van der Waals surface area contributed by atoms with E-state index in [1.807, 2.05) is 0 Å².